The van der Waals surface area contributed by atoms with Gasteiger partial charge in [0.2, 0.25) is 0 Å². The fraction of sp³-hybridized carbons (Fsp3) is 0. The molecule has 100 valence electrons. The molecule has 0 aliphatic carbocycles. The number of fused-ring (bicyclic) bond motifs is 1. The Morgan fingerprint density at radius 1 is 1.14 bits per heavy atom. The maximum absolute atomic E-state index is 12.3. The van der Waals surface area contributed by atoms with Gasteiger partial charge in [0.05, 0.1) is 11.6 Å². The summed E-state index contributed by atoms with van der Waals surface area (Å²) in [4.78, 5) is 15.4. The molecule has 0 unspecified atom stereocenters. The highest BCUT2D eigenvalue weighted by atomic mass is 16.1. The van der Waals surface area contributed by atoms with Crippen molar-refractivity contribution in [1.29, 1.82) is 5.26 Å². The summed E-state index contributed by atoms with van der Waals surface area (Å²) in [6.07, 6.45) is 4.99. The van der Waals surface area contributed by atoms with Crippen LogP contribution in [-0.2, 0) is 0 Å². The molecule has 3 aromatic rings. The van der Waals surface area contributed by atoms with Gasteiger partial charge in [-0.15, -0.1) is 0 Å². The van der Waals surface area contributed by atoms with Crippen LogP contribution in [0.5, 0.6) is 0 Å². The van der Waals surface area contributed by atoms with E-state index in [0.717, 1.165) is 16.5 Å². The van der Waals surface area contributed by atoms with Gasteiger partial charge in [-0.25, -0.2) is 0 Å². The van der Waals surface area contributed by atoms with Crippen LogP contribution in [0.1, 0.15) is 21.5 Å². The van der Waals surface area contributed by atoms with E-state index in [9.17, 15) is 4.79 Å². The Bertz CT molecular complexity index is 881. The number of nitrogens with zero attached hydrogens (tertiary/aromatic N) is 1. The first-order valence-corrected chi connectivity index (χ1v) is 6.56. The van der Waals surface area contributed by atoms with Gasteiger partial charge in [0.1, 0.15) is 0 Å². The molecule has 1 heterocycles. The van der Waals surface area contributed by atoms with Crippen molar-refractivity contribution in [2.24, 2.45) is 0 Å². The number of nitrogens with one attached hydrogen (secondary N) is 1. The van der Waals surface area contributed by atoms with Gasteiger partial charge in [0.25, 0.3) is 0 Å². The molecule has 2 aromatic carbocycles. The number of aromatic amines is 1. The zero-order valence-electron chi connectivity index (χ0n) is 11.2. The van der Waals surface area contributed by atoms with Crippen molar-refractivity contribution in [3.05, 3.63) is 77.5 Å². The first-order valence-electron chi connectivity index (χ1n) is 6.56. The van der Waals surface area contributed by atoms with Crippen LogP contribution in [0.3, 0.4) is 0 Å². The Morgan fingerprint density at radius 2 is 2.00 bits per heavy atom. The molecule has 3 rings (SSSR count). The van der Waals surface area contributed by atoms with E-state index in [0.29, 0.717) is 11.1 Å². The summed E-state index contributed by atoms with van der Waals surface area (Å²) in [5, 5.41) is 9.78. The van der Waals surface area contributed by atoms with Crippen LogP contribution >= 0.6 is 0 Å². The number of hydrogen-bond acceptors (Lipinski definition) is 2. The normalized spacial score (nSPS) is 10.8. The van der Waals surface area contributed by atoms with Gasteiger partial charge in [-0.2, -0.15) is 5.26 Å². The Labute approximate surface area is 122 Å². The molecule has 0 radical (unpaired) electrons. The molecular weight excluding hydrogens is 260 g/mol. The smallest absolute Gasteiger partial charge is 0.187 e. The first-order chi connectivity index (χ1) is 10.3. The monoisotopic (exact) mass is 272 g/mol. The number of carbonyl (C=O) groups is 1. The van der Waals surface area contributed by atoms with E-state index in [2.05, 4.69) is 11.1 Å². The second kappa shape index (κ2) is 5.48. The average Bonchev–Trinajstić information content (AvgIpc) is 2.97. The summed E-state index contributed by atoms with van der Waals surface area (Å²) < 4.78 is 0. The van der Waals surface area contributed by atoms with Crippen molar-refractivity contribution in [3.8, 4) is 6.07 Å². The standard InChI is InChI=1S/C18H12N2O/c19-11-14-5-3-4-13(10-14)8-9-18(21)16-12-20-17-7-2-1-6-15(16)17/h1-10,12,20H/b9-8+. The van der Waals surface area contributed by atoms with E-state index < -0.39 is 0 Å². The highest BCUT2D eigenvalue weighted by molar-refractivity contribution is 6.14. The van der Waals surface area contributed by atoms with Crippen LogP contribution in [0.4, 0.5) is 0 Å². The third-order valence-corrected chi connectivity index (χ3v) is 3.30. The molecule has 0 fully saturated rings. The molecule has 0 spiro atoms. The largest absolute Gasteiger partial charge is 0.360 e. The van der Waals surface area contributed by atoms with E-state index in [1.165, 1.54) is 6.08 Å². The van der Waals surface area contributed by atoms with Gasteiger partial charge < -0.3 is 4.98 Å². The number of allylic oxidation sites excluding steroid dienone is 1. The van der Waals surface area contributed by atoms with Gasteiger partial charge in [-0.1, -0.05) is 36.4 Å². The summed E-state index contributed by atoms with van der Waals surface area (Å²) in [5.74, 6) is -0.0604. The lowest BCUT2D eigenvalue weighted by Crippen LogP contribution is -1.92. The van der Waals surface area contributed by atoms with Gasteiger partial charge in [-0.3, -0.25) is 4.79 Å². The highest BCUT2D eigenvalue weighted by Crippen LogP contribution is 2.19. The zero-order valence-corrected chi connectivity index (χ0v) is 11.2. The van der Waals surface area contributed by atoms with E-state index in [4.69, 9.17) is 5.26 Å². The Morgan fingerprint density at radius 3 is 2.86 bits per heavy atom. The second-order valence-electron chi connectivity index (χ2n) is 4.68. The van der Waals surface area contributed by atoms with Crippen molar-refractivity contribution in [3.63, 3.8) is 0 Å². The molecule has 0 aliphatic heterocycles. The van der Waals surface area contributed by atoms with Crippen LogP contribution in [-0.4, -0.2) is 10.8 Å². The Balaban J connectivity index is 1.89. The number of para-hydroxylation sites is 1. The van der Waals surface area contributed by atoms with Crippen molar-refractivity contribution in [2.75, 3.05) is 0 Å². The summed E-state index contributed by atoms with van der Waals surface area (Å²) in [7, 11) is 0. The Kier molecular flexibility index (Phi) is 3.36. The second-order valence-corrected chi connectivity index (χ2v) is 4.68. The van der Waals surface area contributed by atoms with Gasteiger partial charge in [0.15, 0.2) is 5.78 Å². The average molecular weight is 272 g/mol. The van der Waals surface area contributed by atoms with Gasteiger partial charge in [-0.05, 0) is 29.8 Å². The van der Waals surface area contributed by atoms with Crippen molar-refractivity contribution < 1.29 is 4.79 Å². The highest BCUT2D eigenvalue weighted by Gasteiger charge is 2.08. The van der Waals surface area contributed by atoms with E-state index >= 15 is 0 Å². The summed E-state index contributed by atoms with van der Waals surface area (Å²) in [6, 6.07) is 16.9. The molecule has 0 aliphatic rings. The van der Waals surface area contributed by atoms with Crippen molar-refractivity contribution >= 4 is 22.8 Å². The lowest BCUT2D eigenvalue weighted by atomic mass is 10.1. The topological polar surface area (TPSA) is 56.6 Å². The van der Waals surface area contributed by atoms with Gasteiger partial charge in [0, 0.05) is 22.7 Å². The molecule has 0 amide bonds. The van der Waals surface area contributed by atoms with Crippen molar-refractivity contribution in [2.45, 2.75) is 0 Å². The lowest BCUT2D eigenvalue weighted by molar-refractivity contribution is 0.104. The molecule has 0 atom stereocenters. The lowest BCUT2D eigenvalue weighted by Gasteiger charge is -1.95. The SMILES string of the molecule is N#Cc1cccc(/C=C/C(=O)c2c[nH]c3ccccc23)c1. The number of carbonyl (C=O) groups excluding carboxylic acids is 1. The van der Waals surface area contributed by atoms with Crippen LogP contribution in [0.2, 0.25) is 0 Å². The molecular formula is C18H12N2O. The number of ketones is 1. The molecule has 0 saturated carbocycles. The minimum Gasteiger partial charge on any atom is -0.360 e. The first kappa shape index (κ1) is 12.9. The molecule has 0 bridgehead atoms. The predicted octanol–water partition coefficient (Wildman–Crippen LogP) is 3.94. The molecule has 0 saturated heterocycles. The van der Waals surface area contributed by atoms with Crippen LogP contribution in [0.25, 0.3) is 17.0 Å². The third kappa shape index (κ3) is 2.60. The van der Waals surface area contributed by atoms with E-state index in [1.807, 2.05) is 30.3 Å². The molecule has 1 N–H and O–H groups in total. The number of H-pyrrole nitrogens is 1. The minimum atomic E-state index is -0.0604. The number of hydrogen-bond donors (Lipinski definition) is 1. The summed E-state index contributed by atoms with van der Waals surface area (Å²) >= 11 is 0. The molecule has 3 nitrogen and oxygen atoms in total. The fourth-order valence-electron chi connectivity index (χ4n) is 2.25. The third-order valence-electron chi connectivity index (χ3n) is 3.30. The van der Waals surface area contributed by atoms with Gasteiger partial charge >= 0.3 is 0 Å². The van der Waals surface area contributed by atoms with E-state index in [1.54, 1.807) is 30.5 Å². The summed E-state index contributed by atoms with van der Waals surface area (Å²) in [6.45, 7) is 0. The van der Waals surface area contributed by atoms with Crippen LogP contribution in [0.15, 0.2) is 60.8 Å². The number of aromatic nitrogens is 1. The quantitative estimate of drug-likeness (QED) is 0.580. The molecule has 3 heteroatoms. The van der Waals surface area contributed by atoms with E-state index in [-0.39, 0.29) is 5.78 Å². The molecule has 1 aromatic heterocycles. The van der Waals surface area contributed by atoms with Crippen LogP contribution < -0.4 is 0 Å². The van der Waals surface area contributed by atoms with Crippen LogP contribution in [0, 0.1) is 11.3 Å². The fourth-order valence-corrected chi connectivity index (χ4v) is 2.25. The summed E-state index contributed by atoms with van der Waals surface area (Å²) in [5.41, 5.74) is 3.01. The number of benzene rings is 2. The number of nitriles is 1. The van der Waals surface area contributed by atoms with Crippen molar-refractivity contribution in [1.82, 2.24) is 4.98 Å². The minimum absolute atomic E-state index is 0.0604. The Hall–Kier alpha value is -3.12. The maximum Gasteiger partial charge on any atom is 0.187 e. The predicted molar refractivity (Wildman–Crippen MR) is 82.8 cm³/mol. The number of rotatable bonds is 3. The maximum atomic E-state index is 12.3. The molecule has 21 heavy (non-hydrogen) atoms. The zero-order chi connectivity index (χ0) is 14.7.